The fourth-order valence-corrected chi connectivity index (χ4v) is 4.63. The highest BCUT2D eigenvalue weighted by Crippen LogP contribution is 2.24. The number of nitrogens with two attached hydrogens (primary N) is 1. The van der Waals surface area contributed by atoms with Gasteiger partial charge in [0.1, 0.15) is 5.84 Å². The van der Waals surface area contributed by atoms with Gasteiger partial charge in [0.25, 0.3) is 10.0 Å². The zero-order valence-corrected chi connectivity index (χ0v) is 16.8. The second-order valence-corrected chi connectivity index (χ2v) is 9.01. The first kappa shape index (κ1) is 20.0. The Kier molecular flexibility index (Phi) is 6.38. The molecule has 3 aromatic carbocycles. The standard InChI is InChI=1S/C21H21N3O2S2/c22-21(23)17-11-9-16(10-12-17)13-14-27-19-6-4-5-18(15-19)24-28(25,26)20-7-2-1-3-8-20/h1-12,15,24H,13-14H2,(H3,22,23). The first-order valence-electron chi connectivity index (χ1n) is 8.68. The third-order valence-electron chi connectivity index (χ3n) is 4.06. The maximum Gasteiger partial charge on any atom is 0.261 e. The summed E-state index contributed by atoms with van der Waals surface area (Å²) in [5.74, 6) is 0.921. The Morgan fingerprint density at radius 1 is 0.964 bits per heavy atom. The van der Waals surface area contributed by atoms with E-state index in [1.54, 1.807) is 48.2 Å². The molecule has 0 heterocycles. The van der Waals surface area contributed by atoms with Crippen molar-refractivity contribution in [2.45, 2.75) is 16.2 Å². The molecule has 0 aliphatic rings. The minimum absolute atomic E-state index is 0.0655. The van der Waals surface area contributed by atoms with Crippen molar-refractivity contribution in [3.05, 3.63) is 90.0 Å². The SMILES string of the molecule is N=C(N)c1ccc(CCSc2cccc(NS(=O)(=O)c3ccccc3)c2)cc1. The van der Waals surface area contributed by atoms with Crippen LogP contribution in [0.2, 0.25) is 0 Å². The van der Waals surface area contributed by atoms with Gasteiger partial charge in [0.15, 0.2) is 0 Å². The summed E-state index contributed by atoms with van der Waals surface area (Å²) in [4.78, 5) is 1.23. The second-order valence-electron chi connectivity index (χ2n) is 6.16. The smallest absolute Gasteiger partial charge is 0.261 e. The number of sulfonamides is 1. The second kappa shape index (κ2) is 8.95. The predicted octanol–water partition coefficient (Wildman–Crippen LogP) is 4.11. The van der Waals surface area contributed by atoms with Crippen molar-refractivity contribution >= 4 is 33.3 Å². The Labute approximate surface area is 169 Å². The summed E-state index contributed by atoms with van der Waals surface area (Å²) in [6.45, 7) is 0. The van der Waals surface area contributed by atoms with Crippen LogP contribution in [0.4, 0.5) is 5.69 Å². The minimum atomic E-state index is -3.59. The molecule has 0 saturated heterocycles. The number of anilines is 1. The quantitative estimate of drug-likeness (QED) is 0.295. The van der Waals surface area contributed by atoms with Gasteiger partial charge >= 0.3 is 0 Å². The third kappa shape index (κ3) is 5.37. The molecule has 0 aromatic heterocycles. The molecule has 0 radical (unpaired) electrons. The van der Waals surface area contributed by atoms with Gasteiger partial charge < -0.3 is 5.73 Å². The fraction of sp³-hybridized carbons (Fsp3) is 0.0952. The van der Waals surface area contributed by atoms with Crippen molar-refractivity contribution in [1.29, 1.82) is 5.41 Å². The van der Waals surface area contributed by atoms with Gasteiger partial charge in [-0.2, -0.15) is 0 Å². The lowest BCUT2D eigenvalue weighted by atomic mass is 10.1. The molecule has 0 aliphatic carbocycles. The van der Waals surface area contributed by atoms with Crippen molar-refractivity contribution in [3.63, 3.8) is 0 Å². The number of benzene rings is 3. The van der Waals surface area contributed by atoms with Crippen LogP contribution in [-0.4, -0.2) is 20.0 Å². The number of hydrogen-bond acceptors (Lipinski definition) is 4. The number of hydrogen-bond donors (Lipinski definition) is 3. The molecule has 144 valence electrons. The van der Waals surface area contributed by atoms with Crippen LogP contribution in [0.1, 0.15) is 11.1 Å². The number of aryl methyl sites for hydroxylation is 1. The van der Waals surface area contributed by atoms with Crippen molar-refractivity contribution < 1.29 is 8.42 Å². The topological polar surface area (TPSA) is 96.0 Å². The van der Waals surface area contributed by atoms with Gasteiger partial charge in [0.2, 0.25) is 0 Å². The van der Waals surface area contributed by atoms with E-state index in [0.717, 1.165) is 22.6 Å². The molecule has 0 atom stereocenters. The summed E-state index contributed by atoms with van der Waals surface area (Å²) < 4.78 is 27.5. The van der Waals surface area contributed by atoms with Gasteiger partial charge in [-0.25, -0.2) is 8.42 Å². The number of amidine groups is 1. The molecule has 0 bridgehead atoms. The lowest BCUT2D eigenvalue weighted by Crippen LogP contribution is -2.12. The van der Waals surface area contributed by atoms with Crippen LogP contribution >= 0.6 is 11.8 Å². The molecule has 0 amide bonds. The Bertz CT molecular complexity index is 1050. The number of nitrogen functional groups attached to an aromatic ring is 1. The largest absolute Gasteiger partial charge is 0.384 e. The minimum Gasteiger partial charge on any atom is -0.384 e. The molecule has 0 aliphatic heterocycles. The fourth-order valence-electron chi connectivity index (χ4n) is 2.60. The van der Waals surface area contributed by atoms with Crippen LogP contribution in [0.25, 0.3) is 0 Å². The maximum absolute atomic E-state index is 12.4. The summed E-state index contributed by atoms with van der Waals surface area (Å²) in [5.41, 5.74) is 7.89. The molecule has 4 N–H and O–H groups in total. The highest BCUT2D eigenvalue weighted by Gasteiger charge is 2.13. The molecule has 0 fully saturated rings. The molecule has 3 aromatic rings. The third-order valence-corrected chi connectivity index (χ3v) is 6.46. The van der Waals surface area contributed by atoms with E-state index < -0.39 is 10.0 Å². The Hall–Kier alpha value is -2.77. The predicted molar refractivity (Wildman–Crippen MR) is 116 cm³/mol. The summed E-state index contributed by atoms with van der Waals surface area (Å²) in [6.07, 6.45) is 0.864. The van der Waals surface area contributed by atoms with Gasteiger partial charge in [-0.05, 0) is 42.3 Å². The summed E-state index contributed by atoms with van der Waals surface area (Å²) in [5, 5.41) is 7.42. The van der Waals surface area contributed by atoms with Crippen LogP contribution in [-0.2, 0) is 16.4 Å². The molecule has 7 heteroatoms. The van der Waals surface area contributed by atoms with Crippen molar-refractivity contribution in [3.8, 4) is 0 Å². The summed E-state index contributed by atoms with van der Waals surface area (Å²) >= 11 is 1.66. The molecule has 0 saturated carbocycles. The van der Waals surface area contributed by atoms with E-state index in [1.165, 1.54) is 5.56 Å². The molecule has 3 rings (SSSR count). The molecule has 0 spiro atoms. The first-order chi connectivity index (χ1) is 13.4. The zero-order valence-electron chi connectivity index (χ0n) is 15.1. The monoisotopic (exact) mass is 411 g/mol. The average molecular weight is 412 g/mol. The van der Waals surface area contributed by atoms with Gasteiger partial charge in [-0.1, -0.05) is 48.5 Å². The molecule has 28 heavy (non-hydrogen) atoms. The van der Waals surface area contributed by atoms with Crippen LogP contribution in [0, 0.1) is 5.41 Å². The van der Waals surface area contributed by atoms with Crippen LogP contribution in [0.3, 0.4) is 0 Å². The summed E-state index contributed by atoms with van der Waals surface area (Å²) in [6, 6.07) is 23.3. The van der Waals surface area contributed by atoms with E-state index in [-0.39, 0.29) is 10.7 Å². The van der Waals surface area contributed by atoms with E-state index in [4.69, 9.17) is 11.1 Å². The molecule has 5 nitrogen and oxygen atoms in total. The van der Waals surface area contributed by atoms with E-state index >= 15 is 0 Å². The molecular formula is C21H21N3O2S2. The van der Waals surface area contributed by atoms with E-state index in [1.807, 2.05) is 42.5 Å². The van der Waals surface area contributed by atoms with Gasteiger partial charge in [0.05, 0.1) is 4.90 Å². The number of rotatable bonds is 8. The van der Waals surface area contributed by atoms with Crippen LogP contribution < -0.4 is 10.5 Å². The van der Waals surface area contributed by atoms with Gasteiger partial charge in [-0.3, -0.25) is 10.1 Å². The normalized spacial score (nSPS) is 11.1. The van der Waals surface area contributed by atoms with E-state index in [2.05, 4.69) is 4.72 Å². The molecule has 0 unspecified atom stereocenters. The van der Waals surface area contributed by atoms with Crippen molar-refractivity contribution in [2.24, 2.45) is 5.73 Å². The first-order valence-corrected chi connectivity index (χ1v) is 11.1. The lowest BCUT2D eigenvalue weighted by molar-refractivity contribution is 0.601. The van der Waals surface area contributed by atoms with Crippen molar-refractivity contribution in [2.75, 3.05) is 10.5 Å². The average Bonchev–Trinajstić information content (AvgIpc) is 2.69. The Morgan fingerprint density at radius 3 is 2.36 bits per heavy atom. The molecular weight excluding hydrogens is 390 g/mol. The maximum atomic E-state index is 12.4. The Balaban J connectivity index is 1.60. The number of thioether (sulfide) groups is 1. The van der Waals surface area contributed by atoms with Crippen LogP contribution in [0.5, 0.6) is 0 Å². The summed E-state index contributed by atoms with van der Waals surface area (Å²) in [7, 11) is -3.59. The number of nitrogens with one attached hydrogen (secondary N) is 2. The van der Waals surface area contributed by atoms with Gasteiger partial charge in [0, 0.05) is 21.9 Å². The van der Waals surface area contributed by atoms with Gasteiger partial charge in [-0.15, -0.1) is 11.8 Å². The zero-order chi connectivity index (χ0) is 20.0. The lowest BCUT2D eigenvalue weighted by Gasteiger charge is -2.09. The van der Waals surface area contributed by atoms with Crippen molar-refractivity contribution in [1.82, 2.24) is 0 Å². The van der Waals surface area contributed by atoms with E-state index in [9.17, 15) is 8.42 Å². The highest BCUT2D eigenvalue weighted by molar-refractivity contribution is 7.99. The van der Waals surface area contributed by atoms with Crippen LogP contribution in [0.15, 0.2) is 88.7 Å². The highest BCUT2D eigenvalue weighted by atomic mass is 32.2. The van der Waals surface area contributed by atoms with E-state index in [0.29, 0.717) is 5.69 Å². The Morgan fingerprint density at radius 2 is 1.68 bits per heavy atom.